The highest BCUT2D eigenvalue weighted by atomic mass is 16.2. The number of amides is 3. The molecule has 0 radical (unpaired) electrons. The summed E-state index contributed by atoms with van der Waals surface area (Å²) in [5.41, 5.74) is 2.13. The van der Waals surface area contributed by atoms with Gasteiger partial charge in [0, 0.05) is 12.7 Å². The number of nitrogens with one attached hydrogen (secondary N) is 3. The molecule has 1 rings (SSSR count). The van der Waals surface area contributed by atoms with Crippen molar-refractivity contribution in [3.63, 3.8) is 0 Å². The molecule has 1 aromatic carbocycles. The summed E-state index contributed by atoms with van der Waals surface area (Å²) in [4.78, 5) is 22.7. The van der Waals surface area contributed by atoms with E-state index in [9.17, 15) is 9.59 Å². The number of rotatable bonds is 5. The fraction of sp³-hybridized carbons (Fsp3) is 0.429. The fourth-order valence-electron chi connectivity index (χ4n) is 1.65. The first-order chi connectivity index (χ1) is 9.06. The van der Waals surface area contributed by atoms with Crippen molar-refractivity contribution in [3.05, 3.63) is 29.8 Å². The van der Waals surface area contributed by atoms with E-state index in [1.807, 2.05) is 24.3 Å². The predicted molar refractivity (Wildman–Crippen MR) is 76.1 cm³/mol. The Morgan fingerprint density at radius 1 is 1.21 bits per heavy atom. The Kier molecular flexibility index (Phi) is 5.85. The SMILES string of the molecule is CCCc1ccc(N[C@H](C)C(=O)NC(=O)NC)cc1. The molecule has 5 nitrogen and oxygen atoms in total. The maximum absolute atomic E-state index is 11.7. The van der Waals surface area contributed by atoms with Crippen LogP contribution in [0, 0.1) is 0 Å². The van der Waals surface area contributed by atoms with Crippen LogP contribution in [0.3, 0.4) is 0 Å². The first kappa shape index (κ1) is 15.0. The van der Waals surface area contributed by atoms with Gasteiger partial charge in [-0.3, -0.25) is 10.1 Å². The molecule has 104 valence electrons. The van der Waals surface area contributed by atoms with E-state index in [-0.39, 0.29) is 5.91 Å². The van der Waals surface area contributed by atoms with Crippen LogP contribution < -0.4 is 16.0 Å². The molecule has 1 aromatic rings. The van der Waals surface area contributed by atoms with Crippen LogP contribution in [0.5, 0.6) is 0 Å². The number of anilines is 1. The minimum Gasteiger partial charge on any atom is -0.374 e. The number of carbonyl (C=O) groups excluding carboxylic acids is 2. The zero-order valence-corrected chi connectivity index (χ0v) is 11.6. The maximum Gasteiger partial charge on any atom is 0.321 e. The molecular formula is C14H21N3O2. The van der Waals surface area contributed by atoms with Crippen LogP contribution in [-0.4, -0.2) is 25.0 Å². The Morgan fingerprint density at radius 3 is 2.37 bits per heavy atom. The summed E-state index contributed by atoms with van der Waals surface area (Å²) < 4.78 is 0. The normalized spacial score (nSPS) is 11.5. The number of urea groups is 1. The van der Waals surface area contributed by atoms with E-state index in [0.29, 0.717) is 0 Å². The molecule has 0 saturated heterocycles. The van der Waals surface area contributed by atoms with Gasteiger partial charge in [0.25, 0.3) is 0 Å². The minimum absolute atomic E-state index is 0.364. The highest BCUT2D eigenvalue weighted by Crippen LogP contribution is 2.12. The van der Waals surface area contributed by atoms with Crippen molar-refractivity contribution >= 4 is 17.6 Å². The van der Waals surface area contributed by atoms with Crippen molar-refractivity contribution < 1.29 is 9.59 Å². The first-order valence-electron chi connectivity index (χ1n) is 6.44. The van der Waals surface area contributed by atoms with E-state index < -0.39 is 12.1 Å². The van der Waals surface area contributed by atoms with Crippen molar-refractivity contribution in [2.45, 2.75) is 32.7 Å². The summed E-state index contributed by atoms with van der Waals surface area (Å²) in [6.07, 6.45) is 2.16. The molecule has 0 aliphatic heterocycles. The van der Waals surface area contributed by atoms with Gasteiger partial charge in [0.1, 0.15) is 6.04 Å². The second kappa shape index (κ2) is 7.41. The summed E-state index contributed by atoms with van der Waals surface area (Å²) in [6, 6.07) is 6.97. The molecule has 5 heteroatoms. The Balaban J connectivity index is 2.53. The minimum atomic E-state index is -0.503. The molecule has 0 unspecified atom stereocenters. The van der Waals surface area contributed by atoms with E-state index >= 15 is 0 Å². The van der Waals surface area contributed by atoms with Gasteiger partial charge in [0.2, 0.25) is 5.91 Å². The Bertz CT molecular complexity index is 429. The van der Waals surface area contributed by atoms with Gasteiger partial charge in [-0.25, -0.2) is 4.79 Å². The number of carbonyl (C=O) groups is 2. The Labute approximate surface area is 113 Å². The summed E-state index contributed by atoms with van der Waals surface area (Å²) in [5.74, 6) is -0.364. The van der Waals surface area contributed by atoms with Crippen LogP contribution >= 0.6 is 0 Å². The van der Waals surface area contributed by atoms with Crippen molar-refractivity contribution in [1.29, 1.82) is 0 Å². The van der Waals surface area contributed by atoms with E-state index in [2.05, 4.69) is 22.9 Å². The molecule has 0 fully saturated rings. The lowest BCUT2D eigenvalue weighted by Crippen LogP contribution is -2.44. The molecule has 3 N–H and O–H groups in total. The molecule has 0 heterocycles. The monoisotopic (exact) mass is 263 g/mol. The third-order valence-electron chi connectivity index (χ3n) is 2.73. The fourth-order valence-corrected chi connectivity index (χ4v) is 1.65. The Morgan fingerprint density at radius 2 is 1.84 bits per heavy atom. The largest absolute Gasteiger partial charge is 0.374 e. The smallest absolute Gasteiger partial charge is 0.321 e. The third kappa shape index (κ3) is 4.99. The van der Waals surface area contributed by atoms with Gasteiger partial charge < -0.3 is 10.6 Å². The highest BCUT2D eigenvalue weighted by molar-refractivity contribution is 5.97. The van der Waals surface area contributed by atoms with Gasteiger partial charge in [-0.05, 0) is 31.0 Å². The average Bonchev–Trinajstić information content (AvgIpc) is 2.41. The topological polar surface area (TPSA) is 70.2 Å². The van der Waals surface area contributed by atoms with Crippen LogP contribution in [0.2, 0.25) is 0 Å². The average molecular weight is 263 g/mol. The number of hydrogen-bond donors (Lipinski definition) is 3. The molecular weight excluding hydrogens is 242 g/mol. The molecule has 0 aliphatic rings. The quantitative estimate of drug-likeness (QED) is 0.760. The van der Waals surface area contributed by atoms with Crippen LogP contribution in [0.25, 0.3) is 0 Å². The van der Waals surface area contributed by atoms with E-state index in [4.69, 9.17) is 0 Å². The van der Waals surface area contributed by atoms with Gasteiger partial charge in [0.15, 0.2) is 0 Å². The summed E-state index contributed by atoms with van der Waals surface area (Å²) in [5, 5.41) is 7.62. The lowest BCUT2D eigenvalue weighted by Gasteiger charge is -2.14. The first-order valence-corrected chi connectivity index (χ1v) is 6.44. The summed E-state index contributed by atoms with van der Waals surface area (Å²) in [7, 11) is 1.47. The van der Waals surface area contributed by atoms with Crippen molar-refractivity contribution in [2.75, 3.05) is 12.4 Å². The van der Waals surface area contributed by atoms with Crippen LogP contribution in [0.15, 0.2) is 24.3 Å². The molecule has 0 aliphatic carbocycles. The van der Waals surface area contributed by atoms with Gasteiger partial charge in [-0.1, -0.05) is 25.5 Å². The number of hydrogen-bond acceptors (Lipinski definition) is 3. The summed E-state index contributed by atoms with van der Waals surface area (Å²) >= 11 is 0. The van der Waals surface area contributed by atoms with Crippen molar-refractivity contribution in [3.8, 4) is 0 Å². The second-order valence-corrected chi connectivity index (χ2v) is 4.38. The lowest BCUT2D eigenvalue weighted by molar-refractivity contribution is -0.120. The lowest BCUT2D eigenvalue weighted by atomic mass is 10.1. The standard InChI is InChI=1S/C14H21N3O2/c1-4-5-11-6-8-12(9-7-11)16-10(2)13(18)17-14(19)15-3/h6-10,16H,4-5H2,1-3H3,(H2,15,17,18,19)/t10-/m1/s1. The maximum atomic E-state index is 11.7. The number of aryl methyl sites for hydroxylation is 1. The molecule has 0 aromatic heterocycles. The van der Waals surface area contributed by atoms with E-state index in [0.717, 1.165) is 18.5 Å². The van der Waals surface area contributed by atoms with Crippen molar-refractivity contribution in [1.82, 2.24) is 10.6 Å². The van der Waals surface area contributed by atoms with Crippen LogP contribution in [0.4, 0.5) is 10.5 Å². The second-order valence-electron chi connectivity index (χ2n) is 4.38. The zero-order valence-electron chi connectivity index (χ0n) is 11.6. The van der Waals surface area contributed by atoms with Gasteiger partial charge >= 0.3 is 6.03 Å². The molecule has 0 spiro atoms. The number of benzene rings is 1. The zero-order chi connectivity index (χ0) is 14.3. The van der Waals surface area contributed by atoms with Crippen LogP contribution in [-0.2, 0) is 11.2 Å². The molecule has 3 amide bonds. The Hall–Kier alpha value is -2.04. The van der Waals surface area contributed by atoms with Crippen molar-refractivity contribution in [2.24, 2.45) is 0 Å². The molecule has 0 bridgehead atoms. The molecule has 1 atom stereocenters. The van der Waals surface area contributed by atoms with E-state index in [1.54, 1.807) is 6.92 Å². The van der Waals surface area contributed by atoms with E-state index in [1.165, 1.54) is 12.6 Å². The molecule has 19 heavy (non-hydrogen) atoms. The van der Waals surface area contributed by atoms with Crippen LogP contribution in [0.1, 0.15) is 25.8 Å². The number of imide groups is 1. The highest BCUT2D eigenvalue weighted by Gasteiger charge is 2.14. The molecule has 0 saturated carbocycles. The van der Waals surface area contributed by atoms with Gasteiger partial charge in [-0.2, -0.15) is 0 Å². The van der Waals surface area contributed by atoms with Gasteiger partial charge in [0.05, 0.1) is 0 Å². The summed E-state index contributed by atoms with van der Waals surface area (Å²) in [6.45, 7) is 3.84. The third-order valence-corrected chi connectivity index (χ3v) is 2.73. The predicted octanol–water partition coefficient (Wildman–Crippen LogP) is 1.90. The van der Waals surface area contributed by atoms with Gasteiger partial charge in [-0.15, -0.1) is 0 Å².